The Labute approximate surface area is 174 Å². The number of piperazine rings is 1. The van der Waals surface area contributed by atoms with E-state index in [0.717, 1.165) is 45.6 Å². The molecule has 0 radical (unpaired) electrons. The van der Waals surface area contributed by atoms with Crippen LogP contribution in [-0.2, 0) is 4.74 Å². The van der Waals surface area contributed by atoms with Crippen molar-refractivity contribution in [3.05, 3.63) is 29.8 Å². The first-order valence-corrected chi connectivity index (χ1v) is 10.8. The smallest absolute Gasteiger partial charge is 0.407 e. The molecule has 1 atom stereocenters. The van der Waals surface area contributed by atoms with Crippen LogP contribution in [0.25, 0.3) is 0 Å². The molecule has 0 bridgehead atoms. The van der Waals surface area contributed by atoms with Crippen molar-refractivity contribution >= 4 is 17.7 Å². The molecule has 1 unspecified atom stereocenters. The number of benzene rings is 1. The minimum atomic E-state index is -0.409. The van der Waals surface area contributed by atoms with E-state index in [-0.39, 0.29) is 11.9 Å². The van der Waals surface area contributed by atoms with Gasteiger partial charge >= 0.3 is 6.09 Å². The maximum absolute atomic E-state index is 12.9. The highest BCUT2D eigenvalue weighted by Crippen LogP contribution is 2.20. The summed E-state index contributed by atoms with van der Waals surface area (Å²) in [4.78, 5) is 31.3. The lowest BCUT2D eigenvalue weighted by Gasteiger charge is -2.38. The predicted molar refractivity (Wildman–Crippen MR) is 114 cm³/mol. The number of rotatable bonds is 5. The first-order chi connectivity index (χ1) is 14.0. The van der Waals surface area contributed by atoms with Crippen molar-refractivity contribution in [2.75, 3.05) is 50.8 Å². The fourth-order valence-corrected chi connectivity index (χ4v) is 4.11. The molecule has 7 heteroatoms. The molecule has 7 nitrogen and oxygen atoms in total. The van der Waals surface area contributed by atoms with E-state index in [2.05, 4.69) is 41.1 Å². The Bertz CT molecular complexity index is 684. The van der Waals surface area contributed by atoms with Gasteiger partial charge in [-0.3, -0.25) is 9.69 Å². The van der Waals surface area contributed by atoms with Gasteiger partial charge in [0.25, 0.3) is 5.91 Å². The number of piperidine rings is 1. The van der Waals surface area contributed by atoms with Gasteiger partial charge in [-0.25, -0.2) is 4.79 Å². The van der Waals surface area contributed by atoms with Crippen LogP contribution in [0, 0.1) is 0 Å². The van der Waals surface area contributed by atoms with Crippen LogP contribution in [0.2, 0.25) is 0 Å². The van der Waals surface area contributed by atoms with E-state index in [0.29, 0.717) is 24.8 Å². The Morgan fingerprint density at radius 3 is 2.41 bits per heavy atom. The quantitative estimate of drug-likeness (QED) is 0.820. The summed E-state index contributed by atoms with van der Waals surface area (Å²) >= 11 is 0. The summed E-state index contributed by atoms with van der Waals surface area (Å²) in [6, 6.07) is 8.49. The molecule has 2 aliphatic heterocycles. The maximum Gasteiger partial charge on any atom is 0.407 e. The molecule has 0 aromatic heterocycles. The average Bonchev–Trinajstić information content (AvgIpc) is 2.74. The van der Waals surface area contributed by atoms with E-state index in [1.165, 1.54) is 5.69 Å². The van der Waals surface area contributed by atoms with Gasteiger partial charge in [-0.05, 0) is 57.9 Å². The number of alkyl carbamates (subject to hydrolysis) is 1. The number of hydrogen-bond donors (Lipinski definition) is 1. The second-order valence-electron chi connectivity index (χ2n) is 8.12. The summed E-state index contributed by atoms with van der Waals surface area (Å²) in [5, 5.41) is 2.85. The lowest BCUT2D eigenvalue weighted by Crippen LogP contribution is -2.49. The molecule has 160 valence electrons. The van der Waals surface area contributed by atoms with Crippen molar-refractivity contribution < 1.29 is 14.3 Å². The molecule has 1 N–H and O–H groups in total. The summed E-state index contributed by atoms with van der Waals surface area (Å²) < 4.78 is 4.95. The van der Waals surface area contributed by atoms with Gasteiger partial charge in [-0.2, -0.15) is 0 Å². The topological polar surface area (TPSA) is 65.1 Å². The zero-order valence-corrected chi connectivity index (χ0v) is 17.9. The summed E-state index contributed by atoms with van der Waals surface area (Å²) in [6.45, 7) is 12.0. The lowest BCUT2D eigenvalue weighted by molar-refractivity contribution is 0.0686. The van der Waals surface area contributed by atoms with Gasteiger partial charge < -0.3 is 19.9 Å². The third-order valence-electron chi connectivity index (χ3n) is 5.83. The highest BCUT2D eigenvalue weighted by Gasteiger charge is 2.26. The van der Waals surface area contributed by atoms with Crippen molar-refractivity contribution in [2.24, 2.45) is 0 Å². The first-order valence-electron chi connectivity index (χ1n) is 10.8. The molecular weight excluding hydrogens is 368 g/mol. The Morgan fingerprint density at radius 1 is 1.10 bits per heavy atom. The number of carbonyl (C=O) groups is 2. The third-order valence-corrected chi connectivity index (χ3v) is 5.83. The SMILES string of the molecule is CCOC(=O)NC1CCCN(C(=O)c2ccc(N3CCN(C(C)C)CC3)cc2)C1. The lowest BCUT2D eigenvalue weighted by atomic mass is 10.0. The van der Waals surface area contributed by atoms with Crippen molar-refractivity contribution in [1.29, 1.82) is 0 Å². The van der Waals surface area contributed by atoms with E-state index < -0.39 is 6.09 Å². The van der Waals surface area contributed by atoms with Gasteiger partial charge in [-0.1, -0.05) is 0 Å². The second-order valence-corrected chi connectivity index (χ2v) is 8.12. The standard InChI is InChI=1S/C22H34N4O3/c1-4-29-22(28)23-19-6-5-11-26(16-19)21(27)18-7-9-20(10-8-18)25-14-12-24(13-15-25)17(2)3/h7-10,17,19H,4-6,11-16H2,1-3H3,(H,23,28). The molecule has 2 heterocycles. The third kappa shape index (κ3) is 5.63. The Balaban J connectivity index is 1.55. The first kappa shape index (κ1) is 21.4. The van der Waals surface area contributed by atoms with Crippen LogP contribution in [0.4, 0.5) is 10.5 Å². The van der Waals surface area contributed by atoms with Crippen molar-refractivity contribution in [3.8, 4) is 0 Å². The van der Waals surface area contributed by atoms with Gasteiger partial charge in [0.1, 0.15) is 0 Å². The summed E-state index contributed by atoms with van der Waals surface area (Å²) in [5.74, 6) is 0.0246. The van der Waals surface area contributed by atoms with Crippen molar-refractivity contribution in [3.63, 3.8) is 0 Å². The van der Waals surface area contributed by atoms with Crippen molar-refractivity contribution in [1.82, 2.24) is 15.1 Å². The van der Waals surface area contributed by atoms with E-state index in [4.69, 9.17) is 4.74 Å². The van der Waals surface area contributed by atoms with Crippen LogP contribution in [0.3, 0.4) is 0 Å². The van der Waals surface area contributed by atoms with Crippen LogP contribution in [0.5, 0.6) is 0 Å². The summed E-state index contributed by atoms with van der Waals surface area (Å²) in [7, 11) is 0. The van der Waals surface area contributed by atoms with Crippen LogP contribution >= 0.6 is 0 Å². The minimum Gasteiger partial charge on any atom is -0.450 e. The van der Waals surface area contributed by atoms with E-state index >= 15 is 0 Å². The van der Waals surface area contributed by atoms with Crippen LogP contribution in [0.1, 0.15) is 44.0 Å². The molecule has 2 fully saturated rings. The number of nitrogens with one attached hydrogen (secondary N) is 1. The molecule has 2 aliphatic rings. The van der Waals surface area contributed by atoms with Gasteiger partial charge in [0.15, 0.2) is 0 Å². The Hall–Kier alpha value is -2.28. The molecule has 0 aliphatic carbocycles. The number of likely N-dealkylation sites (tertiary alicyclic amines) is 1. The minimum absolute atomic E-state index is 0.0246. The largest absolute Gasteiger partial charge is 0.450 e. The molecule has 2 amide bonds. The number of hydrogen-bond acceptors (Lipinski definition) is 5. The van der Waals surface area contributed by atoms with Crippen LogP contribution < -0.4 is 10.2 Å². The molecule has 0 saturated carbocycles. The molecular formula is C22H34N4O3. The van der Waals surface area contributed by atoms with E-state index in [9.17, 15) is 9.59 Å². The zero-order chi connectivity index (χ0) is 20.8. The van der Waals surface area contributed by atoms with Crippen molar-refractivity contribution in [2.45, 2.75) is 45.7 Å². The molecule has 1 aromatic carbocycles. The molecule has 1 aromatic rings. The highest BCUT2D eigenvalue weighted by molar-refractivity contribution is 5.94. The van der Waals surface area contributed by atoms with Gasteiger partial charge in [0.2, 0.25) is 0 Å². The fourth-order valence-electron chi connectivity index (χ4n) is 4.11. The maximum atomic E-state index is 12.9. The predicted octanol–water partition coefficient (Wildman–Crippen LogP) is 2.57. The zero-order valence-electron chi connectivity index (χ0n) is 17.9. The average molecular weight is 403 g/mol. The Morgan fingerprint density at radius 2 is 1.79 bits per heavy atom. The van der Waals surface area contributed by atoms with E-state index in [1.807, 2.05) is 17.0 Å². The van der Waals surface area contributed by atoms with E-state index in [1.54, 1.807) is 6.92 Å². The van der Waals surface area contributed by atoms with Crippen LogP contribution in [0.15, 0.2) is 24.3 Å². The monoisotopic (exact) mass is 402 g/mol. The van der Waals surface area contributed by atoms with Gasteiger partial charge in [-0.15, -0.1) is 0 Å². The highest BCUT2D eigenvalue weighted by atomic mass is 16.5. The Kier molecular flexibility index (Phi) is 7.36. The normalized spacial score (nSPS) is 20.6. The molecule has 29 heavy (non-hydrogen) atoms. The number of nitrogens with zero attached hydrogens (tertiary/aromatic N) is 3. The number of amides is 2. The molecule has 3 rings (SSSR count). The second kappa shape index (κ2) is 9.96. The summed E-state index contributed by atoms with van der Waals surface area (Å²) in [5.41, 5.74) is 1.87. The number of anilines is 1. The number of carbonyl (C=O) groups excluding carboxylic acids is 2. The molecule has 2 saturated heterocycles. The molecule has 0 spiro atoms. The summed E-state index contributed by atoms with van der Waals surface area (Å²) in [6.07, 6.45) is 1.33. The fraction of sp³-hybridized carbons (Fsp3) is 0.636. The van der Waals surface area contributed by atoms with Gasteiger partial charge in [0.05, 0.1) is 6.61 Å². The number of ether oxygens (including phenoxy) is 1. The van der Waals surface area contributed by atoms with Crippen LogP contribution in [-0.4, -0.2) is 79.8 Å². The van der Waals surface area contributed by atoms with Gasteiger partial charge in [0, 0.05) is 62.6 Å².